The number of piperidine rings is 1. The van der Waals surface area contributed by atoms with Crippen molar-refractivity contribution >= 4 is 24.3 Å². The van der Waals surface area contributed by atoms with Crippen molar-refractivity contribution in [3.05, 3.63) is 0 Å². The zero-order valence-corrected chi connectivity index (χ0v) is 11.1. The Morgan fingerprint density at radius 2 is 2.18 bits per heavy atom. The standard InChI is InChI=1S/C11H20N2O3.ClH/c1-8(7-10(14)16-2)13-11(15)9-5-3-4-6-12-9;/h8-9,12H,3-7H2,1-2H3,(H,13,15);1H. The van der Waals surface area contributed by atoms with Gasteiger partial charge in [0.2, 0.25) is 5.91 Å². The highest BCUT2D eigenvalue weighted by atomic mass is 35.5. The number of carbonyl (C=O) groups is 2. The van der Waals surface area contributed by atoms with Crippen LogP contribution in [0, 0.1) is 0 Å². The second kappa shape index (κ2) is 8.31. The molecule has 17 heavy (non-hydrogen) atoms. The number of halogens is 1. The largest absolute Gasteiger partial charge is 0.469 e. The molecular weight excluding hydrogens is 244 g/mol. The van der Waals surface area contributed by atoms with E-state index in [1.165, 1.54) is 7.11 Å². The number of nitrogens with one attached hydrogen (secondary N) is 2. The highest BCUT2D eigenvalue weighted by molar-refractivity contribution is 5.85. The number of amides is 1. The summed E-state index contributed by atoms with van der Waals surface area (Å²) in [7, 11) is 1.35. The Kier molecular flexibility index (Phi) is 7.91. The first kappa shape index (κ1) is 16.2. The summed E-state index contributed by atoms with van der Waals surface area (Å²) in [5, 5.41) is 5.98. The fourth-order valence-corrected chi connectivity index (χ4v) is 1.80. The summed E-state index contributed by atoms with van der Waals surface area (Å²) in [6, 6.07) is -0.280. The van der Waals surface area contributed by atoms with Crippen LogP contribution >= 0.6 is 12.4 Å². The molecule has 6 heteroatoms. The van der Waals surface area contributed by atoms with E-state index in [1.54, 1.807) is 6.92 Å². The lowest BCUT2D eigenvalue weighted by atomic mass is 10.0. The molecule has 2 atom stereocenters. The zero-order chi connectivity index (χ0) is 12.0. The van der Waals surface area contributed by atoms with Gasteiger partial charge < -0.3 is 15.4 Å². The van der Waals surface area contributed by atoms with Crippen LogP contribution in [0.5, 0.6) is 0 Å². The molecule has 0 saturated carbocycles. The number of esters is 1. The van der Waals surface area contributed by atoms with E-state index in [0.29, 0.717) is 0 Å². The lowest BCUT2D eigenvalue weighted by Gasteiger charge is -2.24. The van der Waals surface area contributed by atoms with Gasteiger partial charge in [0.1, 0.15) is 0 Å². The van der Waals surface area contributed by atoms with E-state index in [-0.39, 0.29) is 42.8 Å². The molecular formula is C11H21ClN2O3. The summed E-state index contributed by atoms with van der Waals surface area (Å²) in [5.74, 6) is -0.319. The molecule has 1 heterocycles. The number of methoxy groups -OCH3 is 1. The second-order valence-electron chi connectivity index (χ2n) is 4.19. The Labute approximate surface area is 108 Å². The van der Waals surface area contributed by atoms with Crippen LogP contribution in [0.2, 0.25) is 0 Å². The van der Waals surface area contributed by atoms with Crippen molar-refractivity contribution in [1.29, 1.82) is 0 Å². The fourth-order valence-electron chi connectivity index (χ4n) is 1.80. The second-order valence-corrected chi connectivity index (χ2v) is 4.19. The zero-order valence-electron chi connectivity index (χ0n) is 10.3. The molecule has 2 unspecified atom stereocenters. The first-order valence-corrected chi connectivity index (χ1v) is 5.74. The Hall–Kier alpha value is -0.810. The normalized spacial score (nSPS) is 20.9. The molecule has 1 rings (SSSR count). The van der Waals surface area contributed by atoms with Crippen molar-refractivity contribution in [3.8, 4) is 0 Å². The Balaban J connectivity index is 0.00000256. The van der Waals surface area contributed by atoms with Gasteiger partial charge in [-0.1, -0.05) is 6.42 Å². The molecule has 0 aromatic rings. The number of hydrogen-bond acceptors (Lipinski definition) is 4. The van der Waals surface area contributed by atoms with Crippen molar-refractivity contribution in [2.24, 2.45) is 0 Å². The van der Waals surface area contributed by atoms with E-state index in [0.717, 1.165) is 25.8 Å². The van der Waals surface area contributed by atoms with Crippen LogP contribution in [0.15, 0.2) is 0 Å². The van der Waals surface area contributed by atoms with E-state index < -0.39 is 0 Å². The quantitative estimate of drug-likeness (QED) is 0.731. The summed E-state index contributed by atoms with van der Waals surface area (Å²) in [6.07, 6.45) is 3.30. The summed E-state index contributed by atoms with van der Waals surface area (Å²) < 4.78 is 4.54. The molecule has 0 bridgehead atoms. The molecule has 5 nitrogen and oxygen atoms in total. The molecule has 1 aliphatic rings. The molecule has 2 N–H and O–H groups in total. The average Bonchev–Trinajstić information content (AvgIpc) is 2.29. The Morgan fingerprint density at radius 3 is 2.71 bits per heavy atom. The predicted molar refractivity (Wildman–Crippen MR) is 67.1 cm³/mol. The molecule has 1 amide bonds. The number of hydrogen-bond donors (Lipinski definition) is 2. The first-order valence-electron chi connectivity index (χ1n) is 5.74. The summed E-state index contributed by atoms with van der Waals surface area (Å²) in [5.41, 5.74) is 0. The topological polar surface area (TPSA) is 67.4 Å². The molecule has 1 fully saturated rings. The maximum absolute atomic E-state index is 11.8. The number of carbonyl (C=O) groups excluding carboxylic acids is 2. The third-order valence-corrected chi connectivity index (χ3v) is 2.72. The van der Waals surface area contributed by atoms with Crippen LogP contribution in [-0.2, 0) is 14.3 Å². The maximum atomic E-state index is 11.8. The van der Waals surface area contributed by atoms with E-state index in [1.807, 2.05) is 0 Å². The average molecular weight is 265 g/mol. The third kappa shape index (κ3) is 5.89. The van der Waals surface area contributed by atoms with Crippen LogP contribution in [-0.4, -0.2) is 37.6 Å². The highest BCUT2D eigenvalue weighted by Crippen LogP contribution is 2.07. The van der Waals surface area contributed by atoms with E-state index in [2.05, 4.69) is 15.4 Å². The van der Waals surface area contributed by atoms with E-state index in [4.69, 9.17) is 0 Å². The van der Waals surface area contributed by atoms with Crippen LogP contribution < -0.4 is 10.6 Å². The molecule has 0 aromatic heterocycles. The van der Waals surface area contributed by atoms with Gasteiger partial charge in [-0.2, -0.15) is 0 Å². The monoisotopic (exact) mass is 264 g/mol. The molecule has 100 valence electrons. The fraction of sp³-hybridized carbons (Fsp3) is 0.818. The van der Waals surface area contributed by atoms with Gasteiger partial charge in [-0.05, 0) is 26.3 Å². The lowest BCUT2D eigenvalue weighted by Crippen LogP contribution is -2.49. The Morgan fingerprint density at radius 1 is 1.47 bits per heavy atom. The van der Waals surface area contributed by atoms with Crippen molar-refractivity contribution in [1.82, 2.24) is 10.6 Å². The SMILES string of the molecule is COC(=O)CC(C)NC(=O)C1CCCCN1.Cl. The minimum atomic E-state index is -0.301. The van der Waals surface area contributed by atoms with E-state index >= 15 is 0 Å². The molecule has 0 radical (unpaired) electrons. The van der Waals surface area contributed by atoms with Crippen molar-refractivity contribution in [3.63, 3.8) is 0 Å². The van der Waals surface area contributed by atoms with Crippen molar-refractivity contribution < 1.29 is 14.3 Å². The molecule has 1 aliphatic heterocycles. The van der Waals surface area contributed by atoms with Gasteiger partial charge in [0.05, 0.1) is 19.6 Å². The summed E-state index contributed by atoms with van der Waals surface area (Å²) in [6.45, 7) is 2.70. The minimum absolute atomic E-state index is 0. The predicted octanol–water partition coefficient (Wildman–Crippen LogP) is 0.618. The van der Waals surface area contributed by atoms with Crippen molar-refractivity contribution in [2.45, 2.75) is 44.7 Å². The van der Waals surface area contributed by atoms with Gasteiger partial charge in [-0.3, -0.25) is 9.59 Å². The minimum Gasteiger partial charge on any atom is -0.469 e. The smallest absolute Gasteiger partial charge is 0.307 e. The molecule has 0 aliphatic carbocycles. The van der Waals surface area contributed by atoms with Gasteiger partial charge in [0, 0.05) is 6.04 Å². The lowest BCUT2D eigenvalue weighted by molar-refractivity contribution is -0.141. The number of rotatable bonds is 4. The maximum Gasteiger partial charge on any atom is 0.307 e. The number of ether oxygens (including phenoxy) is 1. The summed E-state index contributed by atoms with van der Waals surface area (Å²) >= 11 is 0. The van der Waals surface area contributed by atoms with Crippen LogP contribution in [0.3, 0.4) is 0 Å². The summed E-state index contributed by atoms with van der Waals surface area (Å²) in [4.78, 5) is 22.7. The van der Waals surface area contributed by atoms with Crippen LogP contribution in [0.25, 0.3) is 0 Å². The third-order valence-electron chi connectivity index (χ3n) is 2.72. The molecule has 1 saturated heterocycles. The van der Waals surface area contributed by atoms with Gasteiger partial charge in [-0.25, -0.2) is 0 Å². The molecule has 0 spiro atoms. The highest BCUT2D eigenvalue weighted by Gasteiger charge is 2.22. The molecule has 0 aromatic carbocycles. The van der Waals surface area contributed by atoms with Crippen molar-refractivity contribution in [2.75, 3.05) is 13.7 Å². The van der Waals surface area contributed by atoms with E-state index in [9.17, 15) is 9.59 Å². The first-order chi connectivity index (χ1) is 7.63. The van der Waals surface area contributed by atoms with Gasteiger partial charge in [-0.15, -0.1) is 12.4 Å². The Bertz CT molecular complexity index is 255. The van der Waals surface area contributed by atoms with Gasteiger partial charge in [0.15, 0.2) is 0 Å². The van der Waals surface area contributed by atoms with Crippen LogP contribution in [0.4, 0.5) is 0 Å². The van der Waals surface area contributed by atoms with Crippen LogP contribution in [0.1, 0.15) is 32.6 Å². The van der Waals surface area contributed by atoms with Gasteiger partial charge in [0.25, 0.3) is 0 Å². The van der Waals surface area contributed by atoms with Gasteiger partial charge >= 0.3 is 5.97 Å².